The van der Waals surface area contributed by atoms with Crippen molar-refractivity contribution in [1.29, 1.82) is 0 Å². The van der Waals surface area contributed by atoms with E-state index >= 15 is 0 Å². The number of alkyl halides is 3. The van der Waals surface area contributed by atoms with Crippen molar-refractivity contribution in [3.63, 3.8) is 0 Å². The molecule has 1 N–H and O–H groups in total. The molecule has 0 aliphatic rings. The van der Waals surface area contributed by atoms with Gasteiger partial charge >= 0.3 is 12.2 Å². The highest BCUT2D eigenvalue weighted by atomic mass is 35.5. The summed E-state index contributed by atoms with van der Waals surface area (Å²) in [7, 11) is 1.56. The van der Waals surface area contributed by atoms with Crippen LogP contribution >= 0.6 is 11.6 Å². The van der Waals surface area contributed by atoms with E-state index < -0.39 is 24.1 Å². The highest BCUT2D eigenvalue weighted by Gasteiger charge is 2.38. The molecule has 1 atom stereocenters. The van der Waals surface area contributed by atoms with Crippen LogP contribution in [0, 0.1) is 5.82 Å². The van der Waals surface area contributed by atoms with Crippen molar-refractivity contribution in [2.75, 3.05) is 18.9 Å². The number of hydrogen-bond donors (Lipinski definition) is 1. The maximum Gasteiger partial charge on any atom is 0.425 e. The number of halogens is 5. The molecular weight excluding hydrogens is 466 g/mol. The molecule has 0 saturated carbocycles. The third-order valence-electron chi connectivity index (χ3n) is 4.75. The van der Waals surface area contributed by atoms with Gasteiger partial charge in [-0.1, -0.05) is 17.7 Å². The molecule has 0 aliphatic carbocycles. The highest BCUT2D eigenvalue weighted by molar-refractivity contribution is 6.32. The van der Waals surface area contributed by atoms with Crippen molar-refractivity contribution in [3.8, 4) is 17.4 Å². The molecule has 11 heteroatoms. The van der Waals surface area contributed by atoms with Crippen molar-refractivity contribution < 1.29 is 31.8 Å². The van der Waals surface area contributed by atoms with Crippen LogP contribution in [0.3, 0.4) is 0 Å². The van der Waals surface area contributed by atoms with Crippen LogP contribution in [0.1, 0.15) is 13.8 Å². The summed E-state index contributed by atoms with van der Waals surface area (Å²) in [6, 6.07) is 7.66. The Balaban J connectivity index is 2.14. The summed E-state index contributed by atoms with van der Waals surface area (Å²) in [6.45, 7) is 3.02. The lowest BCUT2D eigenvalue weighted by atomic mass is 10.1. The predicted octanol–water partition coefficient (Wildman–Crippen LogP) is 6.63. The predicted molar refractivity (Wildman–Crippen MR) is 117 cm³/mol. The summed E-state index contributed by atoms with van der Waals surface area (Å²) in [6.07, 6.45) is -5.52. The minimum atomic E-state index is -4.66. The Kier molecular flexibility index (Phi) is 7.16. The zero-order valence-electron chi connectivity index (χ0n) is 17.8. The smallest absolute Gasteiger partial charge is 0.425 e. The van der Waals surface area contributed by atoms with Crippen LogP contribution in [-0.4, -0.2) is 41.8 Å². The van der Waals surface area contributed by atoms with E-state index in [4.69, 9.17) is 21.1 Å². The van der Waals surface area contributed by atoms with Gasteiger partial charge in [0.2, 0.25) is 5.88 Å². The Bertz CT molecular complexity index is 1150. The minimum Gasteiger partial charge on any atom is -0.480 e. The molecule has 3 aromatic rings. The van der Waals surface area contributed by atoms with E-state index in [-0.39, 0.29) is 33.5 Å². The monoisotopic (exact) mass is 485 g/mol. The van der Waals surface area contributed by atoms with Crippen LogP contribution in [0.4, 0.5) is 28.0 Å². The second-order valence-corrected chi connectivity index (χ2v) is 7.49. The van der Waals surface area contributed by atoms with E-state index in [9.17, 15) is 22.4 Å². The molecule has 6 nitrogen and oxygen atoms in total. The van der Waals surface area contributed by atoms with Crippen LogP contribution in [0.15, 0.2) is 42.6 Å². The number of urea groups is 1. The molecule has 2 aromatic carbocycles. The maximum absolute atomic E-state index is 14.3. The summed E-state index contributed by atoms with van der Waals surface area (Å²) in [5, 5.41) is 2.95. The van der Waals surface area contributed by atoms with Crippen molar-refractivity contribution in [1.82, 2.24) is 9.88 Å². The molecule has 0 saturated heterocycles. The molecule has 0 spiro atoms. The quantitative estimate of drug-likeness (QED) is 0.398. The molecule has 0 aliphatic heterocycles. The number of para-hydroxylation sites is 1. The van der Waals surface area contributed by atoms with E-state index in [1.54, 1.807) is 14.0 Å². The second-order valence-electron chi connectivity index (χ2n) is 7.09. The number of pyridine rings is 1. The number of amides is 2. The SMILES string of the molecule is CCN(C)C(=O)Nc1cc(OC(C)C(F)(F)F)c2c(Oc3c(F)cccc3Cl)nccc2c1. The summed E-state index contributed by atoms with van der Waals surface area (Å²) in [5.41, 5.74) is 0.193. The Hall–Kier alpha value is -3.27. The number of aromatic nitrogens is 1. The van der Waals surface area contributed by atoms with Gasteiger partial charge < -0.3 is 19.7 Å². The molecule has 1 unspecified atom stereocenters. The fourth-order valence-corrected chi connectivity index (χ4v) is 2.99. The van der Waals surface area contributed by atoms with E-state index in [0.29, 0.717) is 11.9 Å². The van der Waals surface area contributed by atoms with E-state index in [1.807, 2.05) is 0 Å². The first-order valence-electron chi connectivity index (χ1n) is 9.81. The van der Waals surface area contributed by atoms with Crippen molar-refractivity contribution in [2.24, 2.45) is 0 Å². The zero-order valence-corrected chi connectivity index (χ0v) is 18.6. The molecule has 0 bridgehead atoms. The Morgan fingerprint density at radius 3 is 2.64 bits per heavy atom. The fourth-order valence-electron chi connectivity index (χ4n) is 2.79. The molecule has 33 heavy (non-hydrogen) atoms. The zero-order chi connectivity index (χ0) is 24.3. The van der Waals surface area contributed by atoms with Gasteiger partial charge in [0, 0.05) is 31.5 Å². The molecule has 1 heterocycles. The second kappa shape index (κ2) is 9.70. The molecule has 0 fully saturated rings. The van der Waals surface area contributed by atoms with Crippen LogP contribution in [0.2, 0.25) is 5.02 Å². The van der Waals surface area contributed by atoms with Crippen LogP contribution in [-0.2, 0) is 0 Å². The standard InChI is InChI=1S/C22H20ClF4N3O3/c1-4-30(3)21(31)29-14-10-13-8-9-28-20(33-19-15(23)6-5-7-16(19)24)18(13)17(11-14)32-12(2)22(25,26)27/h5-12H,4H2,1-3H3,(H,29,31). The molecule has 176 valence electrons. The normalized spacial score (nSPS) is 12.4. The fraction of sp³-hybridized carbons (Fsp3) is 0.273. The first kappa shape index (κ1) is 24.4. The van der Waals surface area contributed by atoms with Gasteiger partial charge in [0.05, 0.1) is 10.4 Å². The number of nitrogens with zero attached hydrogens (tertiary/aromatic N) is 2. The summed E-state index contributed by atoms with van der Waals surface area (Å²) < 4.78 is 64.7. The van der Waals surface area contributed by atoms with Gasteiger partial charge in [-0.25, -0.2) is 14.2 Å². The van der Waals surface area contributed by atoms with Crippen LogP contribution in [0.5, 0.6) is 17.4 Å². The number of rotatable bonds is 6. The lowest BCUT2D eigenvalue weighted by molar-refractivity contribution is -0.189. The lowest BCUT2D eigenvalue weighted by Gasteiger charge is -2.21. The van der Waals surface area contributed by atoms with Crippen molar-refractivity contribution in [3.05, 3.63) is 53.4 Å². The Morgan fingerprint density at radius 1 is 1.27 bits per heavy atom. The summed E-state index contributed by atoms with van der Waals surface area (Å²) in [5.74, 6) is -1.59. The van der Waals surface area contributed by atoms with Gasteiger partial charge in [0.15, 0.2) is 17.7 Å². The van der Waals surface area contributed by atoms with Gasteiger partial charge in [-0.2, -0.15) is 13.2 Å². The Labute approximate surface area is 192 Å². The van der Waals surface area contributed by atoms with Gasteiger partial charge in [0.25, 0.3) is 0 Å². The summed E-state index contributed by atoms with van der Waals surface area (Å²) >= 11 is 6.02. The van der Waals surface area contributed by atoms with Crippen LogP contribution < -0.4 is 14.8 Å². The number of hydrogen-bond acceptors (Lipinski definition) is 4. The average molecular weight is 486 g/mol. The van der Waals surface area contributed by atoms with E-state index in [2.05, 4.69) is 10.3 Å². The van der Waals surface area contributed by atoms with Gasteiger partial charge in [-0.3, -0.25) is 0 Å². The number of anilines is 1. The van der Waals surface area contributed by atoms with Gasteiger partial charge in [0.1, 0.15) is 5.75 Å². The molecule has 3 rings (SSSR count). The highest BCUT2D eigenvalue weighted by Crippen LogP contribution is 2.41. The molecular formula is C22H20ClF4N3O3. The van der Waals surface area contributed by atoms with Crippen LogP contribution in [0.25, 0.3) is 10.8 Å². The number of carbonyl (C=O) groups is 1. The molecule has 0 radical (unpaired) electrons. The van der Waals surface area contributed by atoms with Crippen molar-refractivity contribution in [2.45, 2.75) is 26.1 Å². The molecule has 2 amide bonds. The number of nitrogens with one attached hydrogen (secondary N) is 1. The van der Waals surface area contributed by atoms with Gasteiger partial charge in [-0.05, 0) is 43.5 Å². The topological polar surface area (TPSA) is 63.7 Å². The largest absolute Gasteiger partial charge is 0.480 e. The molecule has 1 aromatic heterocycles. The first-order valence-corrected chi connectivity index (χ1v) is 10.2. The van der Waals surface area contributed by atoms with Crippen molar-refractivity contribution >= 4 is 34.1 Å². The third-order valence-corrected chi connectivity index (χ3v) is 5.04. The third kappa shape index (κ3) is 5.57. The number of carbonyl (C=O) groups excluding carboxylic acids is 1. The maximum atomic E-state index is 14.3. The van der Waals surface area contributed by atoms with E-state index in [1.165, 1.54) is 41.4 Å². The van der Waals surface area contributed by atoms with Gasteiger partial charge in [-0.15, -0.1) is 0 Å². The summed E-state index contributed by atoms with van der Waals surface area (Å²) in [4.78, 5) is 17.7. The average Bonchev–Trinajstić information content (AvgIpc) is 2.74. The number of ether oxygens (including phenoxy) is 2. The minimum absolute atomic E-state index is 0.0496. The Morgan fingerprint density at radius 2 is 2.00 bits per heavy atom. The lowest BCUT2D eigenvalue weighted by Crippen LogP contribution is -2.32. The number of benzene rings is 2. The van der Waals surface area contributed by atoms with E-state index in [0.717, 1.165) is 13.0 Å². The first-order chi connectivity index (χ1) is 15.5. The number of fused-ring (bicyclic) bond motifs is 1.